The zero-order chi connectivity index (χ0) is 8.55. The van der Waals surface area contributed by atoms with Crippen LogP contribution in [0, 0.1) is 0 Å². The van der Waals surface area contributed by atoms with Gasteiger partial charge < -0.3 is 16.0 Å². The summed E-state index contributed by atoms with van der Waals surface area (Å²) in [6.45, 7) is 0. The minimum absolute atomic E-state index is 0.200. The van der Waals surface area contributed by atoms with Crippen molar-refractivity contribution in [2.75, 3.05) is 6.26 Å². The Bertz CT molecular complexity index is 285. The monoisotopic (exact) mass is 184 g/mol. The second-order valence-corrected chi connectivity index (χ2v) is 3.19. The summed E-state index contributed by atoms with van der Waals surface area (Å²) in [5.41, 5.74) is 0.919. The summed E-state index contributed by atoms with van der Waals surface area (Å²) in [5.74, 6) is 0. The standard InChI is InChI=1S/C6H8N4OS/c1-12-5-3-4(8-2-7-3)9-6(11)10-5/h2,4H,1H3,(H,7,8)(H2,9,10,11). The number of carbonyl (C=O) groups is 1. The van der Waals surface area contributed by atoms with E-state index in [0.29, 0.717) is 0 Å². The van der Waals surface area contributed by atoms with Crippen LogP contribution < -0.4 is 16.0 Å². The molecule has 0 saturated carbocycles. The highest BCUT2D eigenvalue weighted by molar-refractivity contribution is 8.02. The third kappa shape index (κ3) is 1.04. The molecule has 6 heteroatoms. The Morgan fingerprint density at radius 1 is 1.67 bits per heavy atom. The molecular formula is C6H8N4OS. The Kier molecular flexibility index (Phi) is 1.69. The van der Waals surface area contributed by atoms with Crippen LogP contribution in [0.2, 0.25) is 0 Å². The normalized spacial score (nSPS) is 26.1. The minimum Gasteiger partial charge on any atom is -0.345 e. The number of amides is 2. The molecule has 2 amide bonds. The van der Waals surface area contributed by atoms with Crippen LogP contribution in [0.3, 0.4) is 0 Å². The lowest BCUT2D eigenvalue weighted by molar-refractivity contribution is 0.240. The van der Waals surface area contributed by atoms with Crippen molar-refractivity contribution < 1.29 is 4.79 Å². The van der Waals surface area contributed by atoms with Crippen LogP contribution in [0.1, 0.15) is 0 Å². The number of nitrogens with zero attached hydrogens (tertiary/aromatic N) is 1. The second-order valence-electron chi connectivity index (χ2n) is 2.37. The van der Waals surface area contributed by atoms with Crippen LogP contribution in [0.15, 0.2) is 15.7 Å². The molecule has 0 fully saturated rings. The van der Waals surface area contributed by atoms with Crippen LogP contribution >= 0.6 is 11.8 Å². The highest BCUT2D eigenvalue weighted by Gasteiger charge is 2.27. The van der Waals surface area contributed by atoms with Crippen molar-refractivity contribution in [3.63, 3.8) is 0 Å². The second kappa shape index (κ2) is 2.71. The third-order valence-corrected chi connectivity index (χ3v) is 2.39. The van der Waals surface area contributed by atoms with Gasteiger partial charge in [-0.15, -0.1) is 11.8 Å². The van der Waals surface area contributed by atoms with Gasteiger partial charge in [0.2, 0.25) is 0 Å². The molecule has 1 atom stereocenters. The highest BCUT2D eigenvalue weighted by atomic mass is 32.2. The van der Waals surface area contributed by atoms with Gasteiger partial charge in [-0.05, 0) is 6.26 Å². The van der Waals surface area contributed by atoms with E-state index in [-0.39, 0.29) is 12.2 Å². The fourth-order valence-corrected chi connectivity index (χ4v) is 1.71. The summed E-state index contributed by atoms with van der Waals surface area (Å²) < 4.78 is 0. The van der Waals surface area contributed by atoms with Gasteiger partial charge in [0.05, 0.1) is 17.1 Å². The number of urea groups is 1. The number of nitrogens with one attached hydrogen (secondary N) is 3. The number of carbonyl (C=O) groups excluding carboxylic acids is 1. The molecule has 3 N–H and O–H groups in total. The number of rotatable bonds is 1. The van der Waals surface area contributed by atoms with E-state index in [4.69, 9.17) is 0 Å². The van der Waals surface area contributed by atoms with Gasteiger partial charge in [-0.2, -0.15) is 0 Å². The summed E-state index contributed by atoms with van der Waals surface area (Å²) >= 11 is 1.49. The van der Waals surface area contributed by atoms with E-state index in [9.17, 15) is 4.79 Å². The summed E-state index contributed by atoms with van der Waals surface area (Å²) in [5, 5.41) is 9.15. The average molecular weight is 184 g/mol. The zero-order valence-electron chi connectivity index (χ0n) is 6.42. The highest BCUT2D eigenvalue weighted by Crippen LogP contribution is 2.20. The van der Waals surface area contributed by atoms with Crippen molar-refractivity contribution in [1.29, 1.82) is 0 Å². The summed E-state index contributed by atoms with van der Waals surface area (Å²) in [4.78, 5) is 15.0. The Balaban J connectivity index is 2.32. The first-order valence-electron chi connectivity index (χ1n) is 3.45. The topological polar surface area (TPSA) is 65.5 Å². The van der Waals surface area contributed by atoms with Gasteiger partial charge in [-0.1, -0.05) is 0 Å². The fraction of sp³-hybridized carbons (Fsp3) is 0.333. The molecule has 0 aromatic carbocycles. The van der Waals surface area contributed by atoms with Crippen molar-refractivity contribution in [2.45, 2.75) is 6.17 Å². The molecule has 0 bridgehead atoms. The molecule has 0 spiro atoms. The Morgan fingerprint density at radius 2 is 2.50 bits per heavy atom. The Hall–Kier alpha value is -1.17. The lowest BCUT2D eigenvalue weighted by Crippen LogP contribution is -2.47. The van der Waals surface area contributed by atoms with Crippen molar-refractivity contribution in [2.24, 2.45) is 4.99 Å². The first-order chi connectivity index (χ1) is 5.81. The predicted octanol–water partition coefficient (Wildman–Crippen LogP) is -0.211. The SMILES string of the molecule is CSC1=C2NC=NC2NC(=O)N1. The van der Waals surface area contributed by atoms with Gasteiger partial charge in [0.1, 0.15) is 0 Å². The summed E-state index contributed by atoms with van der Waals surface area (Å²) in [6.07, 6.45) is 3.27. The number of thioether (sulfide) groups is 1. The van der Waals surface area contributed by atoms with Crippen LogP contribution in [0.5, 0.6) is 0 Å². The molecule has 2 heterocycles. The van der Waals surface area contributed by atoms with Gasteiger partial charge in [0.25, 0.3) is 0 Å². The molecule has 2 rings (SSSR count). The fourth-order valence-electron chi connectivity index (χ4n) is 1.13. The Morgan fingerprint density at radius 3 is 3.25 bits per heavy atom. The molecular weight excluding hydrogens is 176 g/mol. The molecule has 0 aromatic rings. The molecule has 0 aromatic heterocycles. The predicted molar refractivity (Wildman–Crippen MR) is 47.6 cm³/mol. The molecule has 5 nitrogen and oxygen atoms in total. The molecule has 0 saturated heterocycles. The maximum Gasteiger partial charge on any atom is 0.321 e. The van der Waals surface area contributed by atoms with E-state index >= 15 is 0 Å². The smallest absolute Gasteiger partial charge is 0.321 e. The quantitative estimate of drug-likeness (QED) is 0.528. The van der Waals surface area contributed by atoms with E-state index in [2.05, 4.69) is 20.9 Å². The van der Waals surface area contributed by atoms with Crippen LogP contribution in [-0.2, 0) is 0 Å². The van der Waals surface area contributed by atoms with E-state index in [0.717, 1.165) is 10.7 Å². The maximum absolute atomic E-state index is 11.0. The largest absolute Gasteiger partial charge is 0.345 e. The van der Waals surface area contributed by atoms with Gasteiger partial charge in [-0.25, -0.2) is 9.79 Å². The summed E-state index contributed by atoms with van der Waals surface area (Å²) in [6, 6.07) is -0.200. The lowest BCUT2D eigenvalue weighted by Gasteiger charge is -2.22. The Labute approximate surface area is 73.7 Å². The number of hydrogen-bond donors (Lipinski definition) is 3. The van der Waals surface area contributed by atoms with E-state index < -0.39 is 0 Å². The molecule has 0 radical (unpaired) electrons. The third-order valence-electron chi connectivity index (χ3n) is 1.66. The van der Waals surface area contributed by atoms with Gasteiger partial charge in [0.15, 0.2) is 6.17 Å². The van der Waals surface area contributed by atoms with Crippen LogP contribution in [-0.4, -0.2) is 24.8 Å². The van der Waals surface area contributed by atoms with Gasteiger partial charge in [-0.3, -0.25) is 0 Å². The molecule has 2 aliphatic rings. The number of fused-ring (bicyclic) bond motifs is 1. The molecule has 0 aliphatic carbocycles. The van der Waals surface area contributed by atoms with Gasteiger partial charge >= 0.3 is 6.03 Å². The first kappa shape index (κ1) is 7.48. The maximum atomic E-state index is 11.0. The minimum atomic E-state index is -0.221. The first-order valence-corrected chi connectivity index (χ1v) is 4.67. The van der Waals surface area contributed by atoms with Gasteiger partial charge in [0, 0.05) is 0 Å². The number of aliphatic imine (C=N–C) groups is 1. The average Bonchev–Trinajstić information content (AvgIpc) is 2.50. The molecule has 2 aliphatic heterocycles. The van der Waals surface area contributed by atoms with E-state index in [1.54, 1.807) is 6.34 Å². The van der Waals surface area contributed by atoms with Crippen molar-refractivity contribution in [1.82, 2.24) is 16.0 Å². The molecule has 12 heavy (non-hydrogen) atoms. The van der Waals surface area contributed by atoms with Crippen molar-refractivity contribution in [3.05, 3.63) is 10.7 Å². The zero-order valence-corrected chi connectivity index (χ0v) is 7.23. The van der Waals surface area contributed by atoms with E-state index in [1.165, 1.54) is 11.8 Å². The van der Waals surface area contributed by atoms with Crippen LogP contribution in [0.4, 0.5) is 4.79 Å². The van der Waals surface area contributed by atoms with Crippen molar-refractivity contribution >= 4 is 24.1 Å². The van der Waals surface area contributed by atoms with Crippen molar-refractivity contribution in [3.8, 4) is 0 Å². The molecule has 64 valence electrons. The van der Waals surface area contributed by atoms with E-state index in [1.807, 2.05) is 6.26 Å². The summed E-state index contributed by atoms with van der Waals surface area (Å²) in [7, 11) is 0. The van der Waals surface area contributed by atoms with Crippen LogP contribution in [0.25, 0.3) is 0 Å². The lowest BCUT2D eigenvalue weighted by atomic mass is 10.3. The number of hydrogen-bond acceptors (Lipinski definition) is 4. The molecule has 1 unspecified atom stereocenters.